The number of nitrogens with two attached hydrogens (primary N) is 1. The maximum atomic E-state index is 12.9. The Morgan fingerprint density at radius 3 is 2.81 bits per heavy atom. The van der Waals surface area contributed by atoms with Crippen molar-refractivity contribution in [3.8, 4) is 0 Å². The molecule has 1 aromatic carbocycles. The average Bonchev–Trinajstić information content (AvgIpc) is 2.22. The number of benzene rings is 1. The van der Waals surface area contributed by atoms with Gasteiger partial charge in [-0.1, -0.05) is 12.1 Å². The molecule has 0 spiro atoms. The molecule has 1 aliphatic rings. The van der Waals surface area contributed by atoms with Crippen LogP contribution < -0.4 is 11.1 Å². The zero-order chi connectivity index (χ0) is 11.6. The first-order valence-electron chi connectivity index (χ1n) is 5.42. The molecule has 0 aromatic heterocycles. The first-order valence-corrected chi connectivity index (χ1v) is 5.42. The van der Waals surface area contributed by atoms with E-state index in [2.05, 4.69) is 5.32 Å². The molecule has 0 saturated heterocycles. The molecule has 2 rings (SSSR count). The average molecular weight is 222 g/mol. The number of hydrogen-bond acceptors (Lipinski definition) is 2. The topological polar surface area (TPSA) is 55.1 Å². The van der Waals surface area contributed by atoms with E-state index in [1.165, 1.54) is 12.1 Å². The highest BCUT2D eigenvalue weighted by Crippen LogP contribution is 2.29. The molecule has 4 heteroatoms. The van der Waals surface area contributed by atoms with Crippen LogP contribution in [0.5, 0.6) is 0 Å². The Balaban J connectivity index is 1.90. The van der Waals surface area contributed by atoms with Crippen LogP contribution >= 0.6 is 0 Å². The Morgan fingerprint density at radius 2 is 2.25 bits per heavy atom. The molecule has 3 N–H and O–H groups in total. The number of amides is 1. The summed E-state index contributed by atoms with van der Waals surface area (Å²) < 4.78 is 12.9. The number of hydrogen-bond donors (Lipinski definition) is 2. The zero-order valence-electron chi connectivity index (χ0n) is 9.00. The summed E-state index contributed by atoms with van der Waals surface area (Å²) in [6.45, 7) is 0.329. The minimum absolute atomic E-state index is 0.136. The molecular formula is C12H15FN2O. The van der Waals surface area contributed by atoms with Crippen molar-refractivity contribution in [1.82, 2.24) is 5.32 Å². The van der Waals surface area contributed by atoms with Crippen molar-refractivity contribution >= 4 is 5.91 Å². The molecule has 1 saturated carbocycles. The molecule has 1 aliphatic carbocycles. The summed E-state index contributed by atoms with van der Waals surface area (Å²) in [7, 11) is 0. The standard InChI is InChI=1S/C12H15FN2O/c13-10-4-1-3-9(7-10)8-15-11(16)12(14)5-2-6-12/h1,3-4,7H,2,5-6,8,14H2,(H,15,16). The van der Waals surface area contributed by atoms with Crippen molar-refractivity contribution in [2.24, 2.45) is 5.73 Å². The van der Waals surface area contributed by atoms with Crippen LogP contribution in [0.4, 0.5) is 4.39 Å². The van der Waals surface area contributed by atoms with E-state index in [0.29, 0.717) is 6.54 Å². The third kappa shape index (κ3) is 2.22. The van der Waals surface area contributed by atoms with Crippen LogP contribution in [0.25, 0.3) is 0 Å². The molecule has 0 unspecified atom stereocenters. The van der Waals surface area contributed by atoms with E-state index in [-0.39, 0.29) is 11.7 Å². The van der Waals surface area contributed by atoms with Gasteiger partial charge < -0.3 is 11.1 Å². The second-order valence-corrected chi connectivity index (χ2v) is 4.32. The summed E-state index contributed by atoms with van der Waals surface area (Å²) in [5.41, 5.74) is 5.91. The van der Waals surface area contributed by atoms with Gasteiger partial charge in [0.15, 0.2) is 0 Å². The molecule has 86 valence electrons. The van der Waals surface area contributed by atoms with Crippen LogP contribution in [-0.4, -0.2) is 11.4 Å². The smallest absolute Gasteiger partial charge is 0.240 e. The third-order valence-electron chi connectivity index (χ3n) is 3.04. The summed E-state index contributed by atoms with van der Waals surface area (Å²) >= 11 is 0. The third-order valence-corrected chi connectivity index (χ3v) is 3.04. The second-order valence-electron chi connectivity index (χ2n) is 4.32. The number of rotatable bonds is 3. The van der Waals surface area contributed by atoms with Crippen LogP contribution in [0.2, 0.25) is 0 Å². The van der Waals surface area contributed by atoms with Crippen molar-refractivity contribution in [3.05, 3.63) is 35.6 Å². The van der Waals surface area contributed by atoms with Crippen LogP contribution in [0.15, 0.2) is 24.3 Å². The largest absolute Gasteiger partial charge is 0.350 e. The molecule has 3 nitrogen and oxygen atoms in total. The van der Waals surface area contributed by atoms with E-state index in [9.17, 15) is 9.18 Å². The highest BCUT2D eigenvalue weighted by Gasteiger charge is 2.39. The lowest BCUT2D eigenvalue weighted by Crippen LogP contribution is -2.58. The lowest BCUT2D eigenvalue weighted by Gasteiger charge is -2.36. The predicted molar refractivity (Wildman–Crippen MR) is 59.0 cm³/mol. The van der Waals surface area contributed by atoms with Crippen molar-refractivity contribution in [2.75, 3.05) is 0 Å². The molecule has 0 radical (unpaired) electrons. The maximum absolute atomic E-state index is 12.9. The van der Waals surface area contributed by atoms with E-state index in [4.69, 9.17) is 5.73 Å². The summed E-state index contributed by atoms with van der Waals surface area (Å²) in [4.78, 5) is 11.7. The molecule has 0 atom stereocenters. The fourth-order valence-corrected chi connectivity index (χ4v) is 1.79. The molecule has 1 fully saturated rings. The SMILES string of the molecule is NC1(C(=O)NCc2cccc(F)c2)CCC1. The van der Waals surface area contributed by atoms with E-state index >= 15 is 0 Å². The van der Waals surface area contributed by atoms with E-state index in [1.807, 2.05) is 0 Å². The fraction of sp³-hybridized carbons (Fsp3) is 0.417. The first kappa shape index (κ1) is 11.1. The normalized spacial score (nSPS) is 17.6. The van der Waals surface area contributed by atoms with Crippen LogP contribution in [0.3, 0.4) is 0 Å². The Kier molecular flexibility index (Phi) is 2.92. The second kappa shape index (κ2) is 4.22. The maximum Gasteiger partial charge on any atom is 0.240 e. The summed E-state index contributed by atoms with van der Waals surface area (Å²) in [6, 6.07) is 6.18. The lowest BCUT2D eigenvalue weighted by molar-refractivity contribution is -0.129. The molecule has 1 aromatic rings. The van der Waals surface area contributed by atoms with E-state index in [1.54, 1.807) is 12.1 Å². The molecular weight excluding hydrogens is 207 g/mol. The Bertz CT molecular complexity index is 402. The molecule has 1 amide bonds. The lowest BCUT2D eigenvalue weighted by atomic mass is 9.77. The van der Waals surface area contributed by atoms with Gasteiger partial charge in [0.05, 0.1) is 5.54 Å². The van der Waals surface area contributed by atoms with Gasteiger partial charge in [0.2, 0.25) is 5.91 Å². The summed E-state index contributed by atoms with van der Waals surface area (Å²) in [5, 5.41) is 2.74. The van der Waals surface area contributed by atoms with Gasteiger partial charge in [-0.2, -0.15) is 0 Å². The van der Waals surface area contributed by atoms with E-state index < -0.39 is 5.54 Å². The molecule has 0 bridgehead atoms. The first-order chi connectivity index (χ1) is 7.60. The monoisotopic (exact) mass is 222 g/mol. The Hall–Kier alpha value is -1.42. The van der Waals surface area contributed by atoms with Crippen molar-refractivity contribution in [1.29, 1.82) is 0 Å². The van der Waals surface area contributed by atoms with Crippen LogP contribution in [-0.2, 0) is 11.3 Å². The van der Waals surface area contributed by atoms with Crippen LogP contribution in [0.1, 0.15) is 24.8 Å². The van der Waals surface area contributed by atoms with Crippen molar-refractivity contribution in [3.63, 3.8) is 0 Å². The summed E-state index contributed by atoms with van der Waals surface area (Å²) in [5.74, 6) is -0.430. The van der Waals surface area contributed by atoms with Gasteiger partial charge in [0, 0.05) is 6.54 Å². The van der Waals surface area contributed by atoms with Crippen LogP contribution in [0, 0.1) is 5.82 Å². The van der Waals surface area contributed by atoms with Gasteiger partial charge in [-0.15, -0.1) is 0 Å². The van der Waals surface area contributed by atoms with Crippen molar-refractivity contribution in [2.45, 2.75) is 31.3 Å². The van der Waals surface area contributed by atoms with Gasteiger partial charge in [-0.3, -0.25) is 4.79 Å². The highest BCUT2D eigenvalue weighted by atomic mass is 19.1. The number of nitrogens with one attached hydrogen (secondary N) is 1. The van der Waals surface area contributed by atoms with Gasteiger partial charge in [-0.05, 0) is 37.0 Å². The van der Waals surface area contributed by atoms with Gasteiger partial charge in [0.25, 0.3) is 0 Å². The number of carbonyl (C=O) groups is 1. The number of carbonyl (C=O) groups excluding carboxylic acids is 1. The number of halogens is 1. The van der Waals surface area contributed by atoms with Gasteiger partial charge >= 0.3 is 0 Å². The quantitative estimate of drug-likeness (QED) is 0.810. The highest BCUT2D eigenvalue weighted by molar-refractivity contribution is 5.86. The molecule has 16 heavy (non-hydrogen) atoms. The minimum atomic E-state index is -0.687. The summed E-state index contributed by atoms with van der Waals surface area (Å²) in [6.07, 6.45) is 2.48. The van der Waals surface area contributed by atoms with Crippen molar-refractivity contribution < 1.29 is 9.18 Å². The van der Waals surface area contributed by atoms with E-state index in [0.717, 1.165) is 24.8 Å². The fourth-order valence-electron chi connectivity index (χ4n) is 1.79. The molecule has 0 aliphatic heterocycles. The zero-order valence-corrected chi connectivity index (χ0v) is 9.00. The minimum Gasteiger partial charge on any atom is -0.350 e. The molecule has 0 heterocycles. The van der Waals surface area contributed by atoms with Gasteiger partial charge in [-0.25, -0.2) is 4.39 Å². The predicted octanol–water partition coefficient (Wildman–Crippen LogP) is 1.32. The Morgan fingerprint density at radius 1 is 1.50 bits per heavy atom. The van der Waals surface area contributed by atoms with Gasteiger partial charge in [0.1, 0.15) is 5.82 Å². The Labute approximate surface area is 93.8 Å².